The van der Waals surface area contributed by atoms with Gasteiger partial charge in [0.25, 0.3) is 0 Å². The van der Waals surface area contributed by atoms with Crippen LogP contribution in [0.3, 0.4) is 0 Å². The molecule has 5 nitrogen and oxygen atoms in total. The summed E-state index contributed by atoms with van der Waals surface area (Å²) in [5, 5.41) is 9.17. The van der Waals surface area contributed by atoms with Crippen molar-refractivity contribution in [3.63, 3.8) is 0 Å². The zero-order valence-electron chi connectivity index (χ0n) is 11.1. The van der Waals surface area contributed by atoms with Crippen LogP contribution in [0.15, 0.2) is 30.6 Å². The van der Waals surface area contributed by atoms with Gasteiger partial charge in [0.2, 0.25) is 0 Å². The van der Waals surface area contributed by atoms with E-state index in [1.807, 2.05) is 38.1 Å². The predicted molar refractivity (Wildman–Crippen MR) is 77.7 cm³/mol. The second kappa shape index (κ2) is 5.67. The summed E-state index contributed by atoms with van der Waals surface area (Å²) in [6.45, 7) is 4.25. The van der Waals surface area contributed by atoms with Crippen molar-refractivity contribution in [2.75, 3.05) is 12.3 Å². The van der Waals surface area contributed by atoms with Gasteiger partial charge in [0, 0.05) is 12.0 Å². The van der Waals surface area contributed by atoms with E-state index < -0.39 is 0 Å². The Morgan fingerprint density at radius 3 is 2.68 bits per heavy atom. The monoisotopic (exact) mass is 258 g/mol. The van der Waals surface area contributed by atoms with Gasteiger partial charge in [-0.2, -0.15) is 0 Å². The molecule has 0 bridgehead atoms. The number of benzene rings is 1. The highest BCUT2D eigenvalue weighted by atomic mass is 16.3. The number of H-pyrrole nitrogens is 1. The standard InChI is InChI=1S/C10H8N4.C4H10O/c11-10-9-8(12-5-13-9)6-3-1-2-4-7(6)14-10;1-4(2)3-5/h1-5H,(H2,11,14)(H,12,13);4-5H,3H2,1-2H3. The molecule has 0 unspecified atom stereocenters. The summed E-state index contributed by atoms with van der Waals surface area (Å²) >= 11 is 0. The van der Waals surface area contributed by atoms with E-state index >= 15 is 0 Å². The molecule has 0 spiro atoms. The minimum atomic E-state index is 0.306. The Morgan fingerprint density at radius 2 is 2.00 bits per heavy atom. The lowest BCUT2D eigenvalue weighted by atomic mass is 10.2. The van der Waals surface area contributed by atoms with Crippen molar-refractivity contribution >= 4 is 27.8 Å². The molecule has 0 aliphatic carbocycles. The lowest BCUT2D eigenvalue weighted by molar-refractivity contribution is 0.248. The van der Waals surface area contributed by atoms with Crippen molar-refractivity contribution in [1.82, 2.24) is 15.0 Å². The molecule has 2 aromatic heterocycles. The van der Waals surface area contributed by atoms with E-state index in [0.717, 1.165) is 21.9 Å². The molecular weight excluding hydrogens is 240 g/mol. The first-order chi connectivity index (χ1) is 9.13. The van der Waals surface area contributed by atoms with Gasteiger partial charge in [-0.3, -0.25) is 0 Å². The first-order valence-corrected chi connectivity index (χ1v) is 6.21. The second-order valence-electron chi connectivity index (χ2n) is 4.72. The fourth-order valence-electron chi connectivity index (χ4n) is 1.65. The summed E-state index contributed by atoms with van der Waals surface area (Å²) < 4.78 is 0. The molecule has 0 aliphatic rings. The number of fused-ring (bicyclic) bond motifs is 3. The van der Waals surface area contributed by atoms with Crippen LogP contribution in [-0.2, 0) is 0 Å². The van der Waals surface area contributed by atoms with Gasteiger partial charge >= 0.3 is 0 Å². The summed E-state index contributed by atoms with van der Waals surface area (Å²) in [4.78, 5) is 11.5. The smallest absolute Gasteiger partial charge is 0.150 e. The van der Waals surface area contributed by atoms with Crippen LogP contribution >= 0.6 is 0 Å². The molecule has 3 rings (SSSR count). The van der Waals surface area contributed by atoms with Crippen LogP contribution in [0, 0.1) is 5.92 Å². The Balaban J connectivity index is 0.000000232. The minimum Gasteiger partial charge on any atom is -0.396 e. The molecule has 0 aliphatic heterocycles. The van der Waals surface area contributed by atoms with Crippen molar-refractivity contribution in [3.8, 4) is 0 Å². The van der Waals surface area contributed by atoms with Gasteiger partial charge in [0.05, 0.1) is 11.8 Å². The number of nitrogens with zero attached hydrogens (tertiary/aromatic N) is 2. The summed E-state index contributed by atoms with van der Waals surface area (Å²) in [5.41, 5.74) is 8.36. The number of aliphatic hydroxyl groups excluding tert-OH is 1. The Morgan fingerprint density at radius 1 is 1.32 bits per heavy atom. The van der Waals surface area contributed by atoms with E-state index in [2.05, 4.69) is 15.0 Å². The fourth-order valence-corrected chi connectivity index (χ4v) is 1.65. The average Bonchev–Trinajstić information content (AvgIpc) is 2.90. The topological polar surface area (TPSA) is 87.8 Å². The lowest BCUT2D eigenvalue weighted by Crippen LogP contribution is -1.92. The number of rotatable bonds is 1. The summed E-state index contributed by atoms with van der Waals surface area (Å²) in [7, 11) is 0. The van der Waals surface area contributed by atoms with Gasteiger partial charge in [0.15, 0.2) is 0 Å². The molecule has 0 atom stereocenters. The van der Waals surface area contributed by atoms with Crippen LogP contribution in [0.25, 0.3) is 21.9 Å². The highest BCUT2D eigenvalue weighted by Crippen LogP contribution is 2.24. The third-order valence-electron chi connectivity index (χ3n) is 2.66. The number of aromatic amines is 1. The van der Waals surface area contributed by atoms with Gasteiger partial charge in [-0.25, -0.2) is 9.97 Å². The predicted octanol–water partition coefficient (Wildman–Crippen LogP) is 2.33. The van der Waals surface area contributed by atoms with Crippen LogP contribution in [-0.4, -0.2) is 26.7 Å². The van der Waals surface area contributed by atoms with Gasteiger partial charge in [0.1, 0.15) is 16.9 Å². The van der Waals surface area contributed by atoms with Gasteiger partial charge < -0.3 is 15.8 Å². The van der Waals surface area contributed by atoms with Gasteiger partial charge in [-0.15, -0.1) is 0 Å². The number of aromatic nitrogens is 3. The van der Waals surface area contributed by atoms with Gasteiger partial charge in [-0.05, 0) is 12.0 Å². The average molecular weight is 258 g/mol. The third kappa shape index (κ3) is 2.82. The summed E-state index contributed by atoms with van der Waals surface area (Å²) in [5.74, 6) is 0.936. The van der Waals surface area contributed by atoms with Crippen LogP contribution in [0.2, 0.25) is 0 Å². The quantitative estimate of drug-likeness (QED) is 0.625. The van der Waals surface area contributed by atoms with E-state index in [1.165, 1.54) is 0 Å². The van der Waals surface area contributed by atoms with Crippen molar-refractivity contribution < 1.29 is 5.11 Å². The number of nitrogens with one attached hydrogen (secondary N) is 1. The summed E-state index contributed by atoms with van der Waals surface area (Å²) in [6, 6.07) is 7.83. The lowest BCUT2D eigenvalue weighted by Gasteiger charge is -1.99. The highest BCUT2D eigenvalue weighted by molar-refractivity contribution is 6.05. The zero-order chi connectivity index (χ0) is 13.8. The second-order valence-corrected chi connectivity index (χ2v) is 4.72. The van der Waals surface area contributed by atoms with Crippen LogP contribution in [0.5, 0.6) is 0 Å². The Labute approximate surface area is 111 Å². The molecular formula is C14H18N4O. The number of hydrogen-bond acceptors (Lipinski definition) is 4. The number of pyridine rings is 1. The minimum absolute atomic E-state index is 0.306. The van der Waals surface area contributed by atoms with Crippen LogP contribution < -0.4 is 5.73 Å². The number of nitrogens with two attached hydrogens (primary N) is 1. The number of hydrogen-bond donors (Lipinski definition) is 3. The first kappa shape index (κ1) is 13.3. The molecule has 5 heteroatoms. The van der Waals surface area contributed by atoms with E-state index in [9.17, 15) is 0 Å². The maximum Gasteiger partial charge on any atom is 0.150 e. The van der Waals surface area contributed by atoms with E-state index in [1.54, 1.807) is 6.33 Å². The number of aliphatic hydroxyl groups is 1. The molecule has 3 aromatic rings. The molecule has 0 radical (unpaired) electrons. The van der Waals surface area contributed by atoms with Crippen molar-refractivity contribution in [2.45, 2.75) is 13.8 Å². The van der Waals surface area contributed by atoms with Crippen LogP contribution in [0.4, 0.5) is 5.82 Å². The molecule has 0 fully saturated rings. The maximum absolute atomic E-state index is 8.14. The Bertz CT molecular complexity index is 675. The molecule has 0 saturated carbocycles. The molecule has 100 valence electrons. The number of para-hydroxylation sites is 1. The highest BCUT2D eigenvalue weighted by Gasteiger charge is 2.06. The summed E-state index contributed by atoms with van der Waals surface area (Å²) in [6.07, 6.45) is 1.63. The van der Waals surface area contributed by atoms with Gasteiger partial charge in [-0.1, -0.05) is 32.0 Å². The Kier molecular flexibility index (Phi) is 3.97. The Hall–Kier alpha value is -2.14. The first-order valence-electron chi connectivity index (χ1n) is 6.21. The van der Waals surface area contributed by atoms with Crippen LogP contribution in [0.1, 0.15) is 13.8 Å². The van der Waals surface area contributed by atoms with E-state index in [0.29, 0.717) is 18.3 Å². The molecule has 0 amide bonds. The number of anilines is 1. The molecule has 0 saturated heterocycles. The third-order valence-corrected chi connectivity index (χ3v) is 2.66. The molecule has 4 N–H and O–H groups in total. The van der Waals surface area contributed by atoms with Crippen molar-refractivity contribution in [2.24, 2.45) is 5.92 Å². The molecule has 19 heavy (non-hydrogen) atoms. The number of imidazole rings is 1. The number of nitrogen functional groups attached to an aromatic ring is 1. The SMILES string of the molecule is CC(C)CO.Nc1nc2ccccc2c2nc[nH]c12. The van der Waals surface area contributed by atoms with E-state index in [-0.39, 0.29) is 0 Å². The van der Waals surface area contributed by atoms with Crippen molar-refractivity contribution in [3.05, 3.63) is 30.6 Å². The fraction of sp³-hybridized carbons (Fsp3) is 0.286. The molecule has 2 heterocycles. The zero-order valence-corrected chi connectivity index (χ0v) is 11.1. The maximum atomic E-state index is 8.14. The normalized spacial score (nSPS) is 10.7. The largest absolute Gasteiger partial charge is 0.396 e. The van der Waals surface area contributed by atoms with Crippen molar-refractivity contribution in [1.29, 1.82) is 0 Å². The van der Waals surface area contributed by atoms with E-state index in [4.69, 9.17) is 10.8 Å². The molecule has 1 aromatic carbocycles.